The summed E-state index contributed by atoms with van der Waals surface area (Å²) in [5.41, 5.74) is 2.21. The van der Waals surface area contributed by atoms with Crippen molar-refractivity contribution >= 4 is 5.69 Å². The van der Waals surface area contributed by atoms with E-state index in [9.17, 15) is 5.11 Å². The average molecular weight is 249 g/mol. The molecule has 0 spiro atoms. The molecule has 0 radical (unpaired) electrons. The van der Waals surface area contributed by atoms with Gasteiger partial charge >= 0.3 is 0 Å². The summed E-state index contributed by atoms with van der Waals surface area (Å²) in [6.07, 6.45) is 0. The zero-order valence-corrected chi connectivity index (χ0v) is 12.8. The highest BCUT2D eigenvalue weighted by Crippen LogP contribution is 2.37. The van der Waals surface area contributed by atoms with Crippen LogP contribution in [0.15, 0.2) is 18.2 Å². The standard InChI is InChI=1S/C16H27NO/c1-11-8-9-13(18)12(10-11)17-14(15(2,3)4)16(5,6)7/h8-10,14,17-18H,1-7H3. The number of phenolic OH excluding ortho intramolecular Hbond substituents is 1. The van der Waals surface area contributed by atoms with Gasteiger partial charge in [0.15, 0.2) is 0 Å². The molecule has 0 aliphatic carbocycles. The molecule has 0 saturated heterocycles. The highest BCUT2D eigenvalue weighted by Gasteiger charge is 2.35. The van der Waals surface area contributed by atoms with Gasteiger partial charge in [-0.1, -0.05) is 47.6 Å². The van der Waals surface area contributed by atoms with Gasteiger partial charge in [0.05, 0.1) is 5.69 Å². The Labute approximate surface area is 111 Å². The van der Waals surface area contributed by atoms with Gasteiger partial charge in [-0.15, -0.1) is 0 Å². The fourth-order valence-corrected chi connectivity index (χ4v) is 2.65. The number of benzene rings is 1. The van der Waals surface area contributed by atoms with Crippen LogP contribution in [0.3, 0.4) is 0 Å². The van der Waals surface area contributed by atoms with Gasteiger partial charge in [0.25, 0.3) is 0 Å². The van der Waals surface area contributed by atoms with Gasteiger partial charge in [0.2, 0.25) is 0 Å². The predicted octanol–water partition coefficient (Wildman–Crippen LogP) is 4.57. The van der Waals surface area contributed by atoms with Crippen molar-refractivity contribution in [3.05, 3.63) is 23.8 Å². The van der Waals surface area contributed by atoms with Crippen LogP contribution in [0.5, 0.6) is 5.75 Å². The number of hydrogen-bond donors (Lipinski definition) is 2. The quantitative estimate of drug-likeness (QED) is 0.752. The number of nitrogens with one attached hydrogen (secondary N) is 1. The molecule has 0 unspecified atom stereocenters. The fourth-order valence-electron chi connectivity index (χ4n) is 2.65. The summed E-state index contributed by atoms with van der Waals surface area (Å²) >= 11 is 0. The third-order valence-electron chi connectivity index (χ3n) is 3.18. The minimum atomic E-state index is 0.119. The molecule has 102 valence electrons. The first-order valence-electron chi connectivity index (χ1n) is 6.58. The van der Waals surface area contributed by atoms with E-state index in [0.717, 1.165) is 11.3 Å². The molecule has 0 aliphatic heterocycles. The smallest absolute Gasteiger partial charge is 0.138 e. The van der Waals surface area contributed by atoms with Gasteiger partial charge in [0.1, 0.15) is 5.75 Å². The molecule has 0 fully saturated rings. The maximum atomic E-state index is 9.95. The zero-order valence-electron chi connectivity index (χ0n) is 12.8. The lowest BCUT2D eigenvalue weighted by atomic mass is 9.72. The van der Waals surface area contributed by atoms with Crippen molar-refractivity contribution < 1.29 is 5.11 Å². The summed E-state index contributed by atoms with van der Waals surface area (Å²) in [5.74, 6) is 0.319. The minimum absolute atomic E-state index is 0.119. The summed E-state index contributed by atoms with van der Waals surface area (Å²) in [6.45, 7) is 15.4. The Hall–Kier alpha value is -1.18. The zero-order chi connectivity index (χ0) is 14.1. The Morgan fingerprint density at radius 3 is 1.94 bits per heavy atom. The van der Waals surface area contributed by atoms with E-state index in [1.54, 1.807) is 6.07 Å². The number of hydrogen-bond acceptors (Lipinski definition) is 2. The van der Waals surface area contributed by atoms with Crippen LogP contribution < -0.4 is 5.32 Å². The normalized spacial score (nSPS) is 12.9. The van der Waals surface area contributed by atoms with Crippen molar-refractivity contribution in [3.63, 3.8) is 0 Å². The lowest BCUT2D eigenvalue weighted by Crippen LogP contribution is -2.44. The van der Waals surface area contributed by atoms with Crippen LogP contribution in [0.25, 0.3) is 0 Å². The SMILES string of the molecule is Cc1ccc(O)c(NC(C(C)(C)C)C(C)(C)C)c1. The molecule has 1 rings (SSSR count). The second-order valence-electron chi connectivity index (χ2n) is 7.33. The Bertz CT molecular complexity index is 396. The molecule has 1 aromatic carbocycles. The van der Waals surface area contributed by atoms with Gasteiger partial charge in [-0.25, -0.2) is 0 Å². The molecule has 2 heteroatoms. The summed E-state index contributed by atoms with van der Waals surface area (Å²) in [5, 5.41) is 13.5. The number of aromatic hydroxyl groups is 1. The van der Waals surface area contributed by atoms with Crippen LogP contribution in [0.2, 0.25) is 0 Å². The first kappa shape index (κ1) is 14.9. The molecule has 2 N–H and O–H groups in total. The largest absolute Gasteiger partial charge is 0.506 e. The van der Waals surface area contributed by atoms with Crippen LogP contribution in [-0.4, -0.2) is 11.1 Å². The van der Waals surface area contributed by atoms with E-state index >= 15 is 0 Å². The van der Waals surface area contributed by atoms with Crippen LogP contribution in [0.4, 0.5) is 5.69 Å². The van der Waals surface area contributed by atoms with E-state index in [-0.39, 0.29) is 16.9 Å². The Morgan fingerprint density at radius 2 is 1.50 bits per heavy atom. The first-order chi connectivity index (χ1) is 8.01. The second kappa shape index (κ2) is 4.83. The minimum Gasteiger partial charge on any atom is -0.506 e. The van der Waals surface area contributed by atoms with Gasteiger partial charge < -0.3 is 10.4 Å². The molecule has 0 aromatic heterocycles. The molecule has 0 heterocycles. The van der Waals surface area contributed by atoms with Crippen LogP contribution >= 0.6 is 0 Å². The number of rotatable bonds is 2. The van der Waals surface area contributed by atoms with Crippen molar-refractivity contribution in [2.24, 2.45) is 10.8 Å². The summed E-state index contributed by atoms with van der Waals surface area (Å²) in [7, 11) is 0. The van der Waals surface area contributed by atoms with Crippen molar-refractivity contribution in [3.8, 4) is 5.75 Å². The summed E-state index contributed by atoms with van der Waals surface area (Å²) in [4.78, 5) is 0. The van der Waals surface area contributed by atoms with Crippen molar-refractivity contribution in [2.45, 2.75) is 54.5 Å². The van der Waals surface area contributed by atoms with E-state index in [4.69, 9.17) is 0 Å². The van der Waals surface area contributed by atoms with Gasteiger partial charge in [-0.3, -0.25) is 0 Å². The molecule has 0 amide bonds. The highest BCUT2D eigenvalue weighted by molar-refractivity contribution is 5.58. The van der Waals surface area contributed by atoms with E-state index in [1.165, 1.54) is 0 Å². The molecule has 0 atom stereocenters. The van der Waals surface area contributed by atoms with E-state index in [2.05, 4.69) is 46.9 Å². The maximum Gasteiger partial charge on any atom is 0.138 e. The van der Waals surface area contributed by atoms with Crippen molar-refractivity contribution in [1.82, 2.24) is 0 Å². The van der Waals surface area contributed by atoms with Crippen LogP contribution in [0, 0.1) is 17.8 Å². The van der Waals surface area contributed by atoms with Crippen molar-refractivity contribution in [1.29, 1.82) is 0 Å². The average Bonchev–Trinajstić information content (AvgIpc) is 2.15. The van der Waals surface area contributed by atoms with Gasteiger partial charge in [-0.2, -0.15) is 0 Å². The Kier molecular flexibility index (Phi) is 3.99. The van der Waals surface area contributed by atoms with E-state index < -0.39 is 0 Å². The van der Waals surface area contributed by atoms with Crippen LogP contribution in [0.1, 0.15) is 47.1 Å². The summed E-state index contributed by atoms with van der Waals surface area (Å²) < 4.78 is 0. The number of anilines is 1. The molecule has 0 bridgehead atoms. The third kappa shape index (κ3) is 3.66. The topological polar surface area (TPSA) is 32.3 Å². The molecule has 0 saturated carbocycles. The molecule has 1 aromatic rings. The Morgan fingerprint density at radius 1 is 1.00 bits per heavy atom. The lowest BCUT2D eigenvalue weighted by molar-refractivity contribution is 0.198. The van der Waals surface area contributed by atoms with E-state index in [1.807, 2.05) is 19.1 Å². The maximum absolute atomic E-state index is 9.95. The Balaban J connectivity index is 3.08. The van der Waals surface area contributed by atoms with E-state index in [0.29, 0.717) is 5.75 Å². The first-order valence-corrected chi connectivity index (χ1v) is 6.58. The van der Waals surface area contributed by atoms with Gasteiger partial charge in [-0.05, 0) is 35.4 Å². The predicted molar refractivity (Wildman–Crippen MR) is 79.2 cm³/mol. The molecular formula is C16H27NO. The highest BCUT2D eigenvalue weighted by atomic mass is 16.3. The van der Waals surface area contributed by atoms with Crippen LogP contribution in [-0.2, 0) is 0 Å². The van der Waals surface area contributed by atoms with Gasteiger partial charge in [0, 0.05) is 6.04 Å². The molecule has 18 heavy (non-hydrogen) atoms. The monoisotopic (exact) mass is 249 g/mol. The second-order valence-corrected chi connectivity index (χ2v) is 7.33. The third-order valence-corrected chi connectivity index (χ3v) is 3.18. The lowest BCUT2D eigenvalue weighted by Gasteiger charge is -2.42. The molecule has 2 nitrogen and oxygen atoms in total. The molecule has 0 aliphatic rings. The number of aryl methyl sites for hydroxylation is 1. The fraction of sp³-hybridized carbons (Fsp3) is 0.625. The molecular weight excluding hydrogens is 222 g/mol. The summed E-state index contributed by atoms with van der Waals surface area (Å²) in [6, 6.07) is 5.95. The number of phenols is 1. The van der Waals surface area contributed by atoms with Crippen molar-refractivity contribution in [2.75, 3.05) is 5.32 Å².